The van der Waals surface area contributed by atoms with Crippen LogP contribution in [-0.2, 0) is 6.42 Å². The van der Waals surface area contributed by atoms with Crippen molar-refractivity contribution >= 4 is 11.6 Å². The van der Waals surface area contributed by atoms with Crippen LogP contribution in [0.2, 0.25) is 5.02 Å². The molecular formula is C19H32ClN. The van der Waals surface area contributed by atoms with Crippen molar-refractivity contribution < 1.29 is 0 Å². The normalized spacial score (nSPS) is 12.5. The number of rotatable bonds is 12. The summed E-state index contributed by atoms with van der Waals surface area (Å²) in [6.07, 6.45) is 12.1. The van der Waals surface area contributed by atoms with Crippen LogP contribution in [0.1, 0.15) is 63.9 Å². The van der Waals surface area contributed by atoms with Gasteiger partial charge in [-0.15, -0.1) is 0 Å². The monoisotopic (exact) mass is 309 g/mol. The van der Waals surface area contributed by atoms with Crippen LogP contribution in [0.15, 0.2) is 24.3 Å². The van der Waals surface area contributed by atoms with Gasteiger partial charge in [0.25, 0.3) is 0 Å². The van der Waals surface area contributed by atoms with Gasteiger partial charge in [0.05, 0.1) is 0 Å². The lowest BCUT2D eigenvalue weighted by atomic mass is 9.93. The lowest BCUT2D eigenvalue weighted by Crippen LogP contribution is -2.21. The summed E-state index contributed by atoms with van der Waals surface area (Å²) in [7, 11) is 2.05. The predicted octanol–water partition coefficient (Wildman–Crippen LogP) is 5.86. The molecule has 0 aliphatic rings. The van der Waals surface area contributed by atoms with E-state index in [0.717, 1.165) is 18.0 Å². The van der Waals surface area contributed by atoms with Gasteiger partial charge in [0, 0.05) is 5.02 Å². The molecule has 0 amide bonds. The number of unbranched alkanes of at least 4 members (excludes halogenated alkanes) is 6. The third kappa shape index (κ3) is 8.48. The van der Waals surface area contributed by atoms with Crippen molar-refractivity contribution in [2.75, 3.05) is 13.6 Å². The summed E-state index contributed by atoms with van der Waals surface area (Å²) in [5.74, 6) is 0.700. The Morgan fingerprint density at radius 2 is 1.67 bits per heavy atom. The van der Waals surface area contributed by atoms with E-state index in [9.17, 15) is 0 Å². The zero-order chi connectivity index (χ0) is 15.3. The van der Waals surface area contributed by atoms with Crippen molar-refractivity contribution in [3.63, 3.8) is 0 Å². The minimum atomic E-state index is 0.700. The van der Waals surface area contributed by atoms with Crippen LogP contribution in [-0.4, -0.2) is 13.6 Å². The molecule has 0 saturated carbocycles. The summed E-state index contributed by atoms with van der Waals surface area (Å²) in [5, 5.41) is 4.25. The molecule has 120 valence electrons. The average molecular weight is 310 g/mol. The highest BCUT2D eigenvalue weighted by Gasteiger charge is 2.10. The van der Waals surface area contributed by atoms with E-state index in [0.29, 0.717) is 5.92 Å². The third-order valence-electron chi connectivity index (χ3n) is 4.18. The van der Waals surface area contributed by atoms with Crippen molar-refractivity contribution in [3.05, 3.63) is 34.9 Å². The first kappa shape index (κ1) is 18.5. The predicted molar refractivity (Wildman–Crippen MR) is 95.2 cm³/mol. The van der Waals surface area contributed by atoms with Crippen molar-refractivity contribution in [1.82, 2.24) is 5.32 Å². The minimum Gasteiger partial charge on any atom is -0.319 e. The number of hydrogen-bond donors (Lipinski definition) is 1. The standard InChI is InChI=1S/C19H32ClN/c1-3-4-5-6-7-8-9-12-17(16-21-2)15-18-13-10-11-14-19(18)20/h10-11,13-14,17,21H,3-9,12,15-16H2,1-2H3. The first-order valence-electron chi connectivity index (χ1n) is 8.66. The van der Waals surface area contributed by atoms with Crippen LogP contribution in [0.3, 0.4) is 0 Å². The molecule has 1 N–H and O–H groups in total. The van der Waals surface area contributed by atoms with Crippen molar-refractivity contribution in [3.8, 4) is 0 Å². The molecule has 2 heteroatoms. The molecule has 0 heterocycles. The maximum Gasteiger partial charge on any atom is 0.0438 e. The molecule has 1 nitrogen and oxygen atoms in total. The Kier molecular flexibility index (Phi) is 10.6. The maximum atomic E-state index is 6.28. The highest BCUT2D eigenvalue weighted by Crippen LogP contribution is 2.22. The molecule has 0 fully saturated rings. The van der Waals surface area contributed by atoms with E-state index in [-0.39, 0.29) is 0 Å². The summed E-state index contributed by atoms with van der Waals surface area (Å²) in [5.41, 5.74) is 1.29. The summed E-state index contributed by atoms with van der Waals surface area (Å²) in [6.45, 7) is 3.36. The van der Waals surface area contributed by atoms with Gasteiger partial charge >= 0.3 is 0 Å². The Balaban J connectivity index is 2.25. The number of halogens is 1. The zero-order valence-electron chi connectivity index (χ0n) is 13.8. The van der Waals surface area contributed by atoms with E-state index in [1.54, 1.807) is 0 Å². The van der Waals surface area contributed by atoms with Crippen LogP contribution < -0.4 is 5.32 Å². The van der Waals surface area contributed by atoms with E-state index < -0.39 is 0 Å². The zero-order valence-corrected chi connectivity index (χ0v) is 14.6. The van der Waals surface area contributed by atoms with Crippen LogP contribution in [0.5, 0.6) is 0 Å². The Morgan fingerprint density at radius 1 is 1.00 bits per heavy atom. The minimum absolute atomic E-state index is 0.700. The van der Waals surface area contributed by atoms with Gasteiger partial charge in [-0.25, -0.2) is 0 Å². The van der Waals surface area contributed by atoms with Gasteiger partial charge in [-0.3, -0.25) is 0 Å². The summed E-state index contributed by atoms with van der Waals surface area (Å²) in [6, 6.07) is 8.26. The molecule has 0 aliphatic heterocycles. The Hall–Kier alpha value is -0.530. The van der Waals surface area contributed by atoms with Gasteiger partial charge in [-0.1, -0.05) is 81.7 Å². The second kappa shape index (κ2) is 12.1. The molecule has 0 saturated heterocycles. The number of hydrogen-bond acceptors (Lipinski definition) is 1. The van der Waals surface area contributed by atoms with Crippen molar-refractivity contribution in [2.45, 2.75) is 64.7 Å². The topological polar surface area (TPSA) is 12.0 Å². The smallest absolute Gasteiger partial charge is 0.0438 e. The fourth-order valence-corrected chi connectivity index (χ4v) is 3.14. The number of benzene rings is 1. The van der Waals surface area contributed by atoms with Crippen molar-refractivity contribution in [2.24, 2.45) is 5.92 Å². The second-order valence-electron chi connectivity index (χ2n) is 6.13. The van der Waals surface area contributed by atoms with Crippen LogP contribution in [0, 0.1) is 5.92 Å². The quantitative estimate of drug-likeness (QED) is 0.477. The molecule has 1 unspecified atom stereocenters. The molecule has 1 atom stereocenters. The molecule has 0 bridgehead atoms. The van der Waals surface area contributed by atoms with Gasteiger partial charge < -0.3 is 5.32 Å². The molecule has 1 aromatic carbocycles. The van der Waals surface area contributed by atoms with E-state index in [2.05, 4.69) is 24.4 Å². The van der Waals surface area contributed by atoms with Crippen molar-refractivity contribution in [1.29, 1.82) is 0 Å². The molecule has 0 aromatic heterocycles. The van der Waals surface area contributed by atoms with Crippen LogP contribution >= 0.6 is 11.6 Å². The first-order valence-corrected chi connectivity index (χ1v) is 9.03. The summed E-state index contributed by atoms with van der Waals surface area (Å²) < 4.78 is 0. The highest BCUT2D eigenvalue weighted by atomic mass is 35.5. The van der Waals surface area contributed by atoms with Crippen LogP contribution in [0.25, 0.3) is 0 Å². The Bertz CT molecular complexity index is 364. The van der Waals surface area contributed by atoms with E-state index in [4.69, 9.17) is 11.6 Å². The second-order valence-corrected chi connectivity index (χ2v) is 6.54. The van der Waals surface area contributed by atoms with E-state index >= 15 is 0 Å². The summed E-state index contributed by atoms with van der Waals surface area (Å²) >= 11 is 6.28. The molecule has 0 aliphatic carbocycles. The van der Waals surface area contributed by atoms with Gasteiger partial charge in [0.2, 0.25) is 0 Å². The van der Waals surface area contributed by atoms with Crippen LogP contribution in [0.4, 0.5) is 0 Å². The first-order chi connectivity index (χ1) is 10.3. The maximum absolute atomic E-state index is 6.28. The third-order valence-corrected chi connectivity index (χ3v) is 4.54. The average Bonchev–Trinajstić information content (AvgIpc) is 2.48. The lowest BCUT2D eigenvalue weighted by Gasteiger charge is -2.17. The van der Waals surface area contributed by atoms with Gasteiger partial charge in [0.15, 0.2) is 0 Å². The molecule has 0 radical (unpaired) electrons. The largest absolute Gasteiger partial charge is 0.319 e. The van der Waals surface area contributed by atoms with E-state index in [1.807, 2.05) is 19.2 Å². The van der Waals surface area contributed by atoms with Gasteiger partial charge in [-0.2, -0.15) is 0 Å². The fourth-order valence-electron chi connectivity index (χ4n) is 2.93. The Morgan fingerprint density at radius 3 is 2.33 bits per heavy atom. The summed E-state index contributed by atoms with van der Waals surface area (Å²) in [4.78, 5) is 0. The van der Waals surface area contributed by atoms with E-state index in [1.165, 1.54) is 56.9 Å². The lowest BCUT2D eigenvalue weighted by molar-refractivity contribution is 0.432. The molecule has 0 spiro atoms. The number of nitrogens with one attached hydrogen (secondary N) is 1. The SMILES string of the molecule is CCCCCCCCCC(CNC)Cc1ccccc1Cl. The molecule has 1 rings (SSSR count). The van der Waals surface area contributed by atoms with Gasteiger partial charge in [0.1, 0.15) is 0 Å². The molecule has 21 heavy (non-hydrogen) atoms. The van der Waals surface area contributed by atoms with Gasteiger partial charge in [-0.05, 0) is 44.0 Å². The fraction of sp³-hybridized carbons (Fsp3) is 0.684. The Labute approximate surface area is 136 Å². The molecule has 1 aromatic rings. The highest BCUT2D eigenvalue weighted by molar-refractivity contribution is 6.31. The molecular weight excluding hydrogens is 278 g/mol.